The van der Waals surface area contributed by atoms with Gasteiger partial charge in [-0.3, -0.25) is 4.79 Å². The molecule has 0 spiro atoms. The maximum atomic E-state index is 11.9. The molecular weight excluding hydrogens is 272 g/mol. The molecular formula is C15H14N2O4. The van der Waals surface area contributed by atoms with Crippen LogP contribution in [0.3, 0.4) is 0 Å². The summed E-state index contributed by atoms with van der Waals surface area (Å²) in [6.07, 6.45) is 1.35. The number of carboxylic acids is 1. The third kappa shape index (κ3) is 3.56. The second kappa shape index (κ2) is 6.04. The van der Waals surface area contributed by atoms with E-state index in [2.05, 4.69) is 4.98 Å². The smallest absolute Gasteiger partial charge is 0.335 e. The van der Waals surface area contributed by atoms with E-state index < -0.39 is 5.97 Å². The van der Waals surface area contributed by atoms with E-state index in [4.69, 9.17) is 9.84 Å². The van der Waals surface area contributed by atoms with Crippen LogP contribution in [0.25, 0.3) is 0 Å². The lowest BCUT2D eigenvalue weighted by atomic mass is 10.2. The minimum absolute atomic E-state index is 0.0838. The van der Waals surface area contributed by atoms with Gasteiger partial charge in [-0.05, 0) is 24.3 Å². The normalized spacial score (nSPS) is 10.0. The van der Waals surface area contributed by atoms with Crippen LogP contribution >= 0.6 is 0 Å². The molecule has 1 aromatic carbocycles. The second-order valence-electron chi connectivity index (χ2n) is 4.52. The summed E-state index contributed by atoms with van der Waals surface area (Å²) in [7, 11) is 3.32. The highest BCUT2D eigenvalue weighted by Gasteiger charge is 2.10. The minimum Gasteiger partial charge on any atom is -0.478 e. The molecule has 0 aliphatic heterocycles. The zero-order valence-electron chi connectivity index (χ0n) is 11.6. The van der Waals surface area contributed by atoms with Gasteiger partial charge >= 0.3 is 5.97 Å². The van der Waals surface area contributed by atoms with Crippen molar-refractivity contribution in [2.75, 3.05) is 14.1 Å². The predicted octanol–water partition coefficient (Wildman–Crippen LogP) is 2.27. The molecule has 0 bridgehead atoms. The zero-order valence-corrected chi connectivity index (χ0v) is 11.6. The SMILES string of the molecule is CN(C)C(=O)c1cccc(Oc2cc(C(=O)O)ccn2)c1. The molecule has 0 atom stereocenters. The first-order valence-electron chi connectivity index (χ1n) is 6.16. The van der Waals surface area contributed by atoms with Crippen molar-refractivity contribution >= 4 is 11.9 Å². The summed E-state index contributed by atoms with van der Waals surface area (Å²) in [5.74, 6) is -0.631. The molecule has 2 aromatic rings. The molecule has 1 heterocycles. The number of aromatic nitrogens is 1. The van der Waals surface area contributed by atoms with Crippen molar-refractivity contribution < 1.29 is 19.4 Å². The first-order chi connectivity index (χ1) is 9.97. The van der Waals surface area contributed by atoms with Crippen LogP contribution in [0.2, 0.25) is 0 Å². The lowest BCUT2D eigenvalue weighted by Gasteiger charge is -2.11. The number of hydrogen-bond acceptors (Lipinski definition) is 4. The van der Waals surface area contributed by atoms with E-state index in [9.17, 15) is 9.59 Å². The van der Waals surface area contributed by atoms with Crippen LogP contribution in [-0.2, 0) is 0 Å². The van der Waals surface area contributed by atoms with Crippen LogP contribution < -0.4 is 4.74 Å². The monoisotopic (exact) mass is 286 g/mol. The van der Waals surface area contributed by atoms with Crippen molar-refractivity contribution in [1.82, 2.24) is 9.88 Å². The van der Waals surface area contributed by atoms with Crippen LogP contribution in [0.1, 0.15) is 20.7 Å². The van der Waals surface area contributed by atoms with Gasteiger partial charge in [0.25, 0.3) is 5.91 Å². The molecule has 0 fully saturated rings. The Morgan fingerprint density at radius 1 is 1.14 bits per heavy atom. The van der Waals surface area contributed by atoms with E-state index in [1.165, 1.54) is 23.2 Å². The number of amides is 1. The summed E-state index contributed by atoms with van der Waals surface area (Å²) in [5.41, 5.74) is 0.562. The number of carbonyl (C=O) groups is 2. The quantitative estimate of drug-likeness (QED) is 0.932. The number of pyridine rings is 1. The number of rotatable bonds is 4. The Hall–Kier alpha value is -2.89. The van der Waals surface area contributed by atoms with Crippen LogP contribution in [0.4, 0.5) is 0 Å². The Labute approximate surface area is 121 Å². The van der Waals surface area contributed by atoms with E-state index in [1.54, 1.807) is 38.4 Å². The first-order valence-corrected chi connectivity index (χ1v) is 6.16. The van der Waals surface area contributed by atoms with E-state index in [-0.39, 0.29) is 17.4 Å². The third-order valence-corrected chi connectivity index (χ3v) is 2.69. The van der Waals surface area contributed by atoms with Gasteiger partial charge in [-0.15, -0.1) is 0 Å². The fraction of sp³-hybridized carbons (Fsp3) is 0.133. The van der Waals surface area contributed by atoms with Gasteiger partial charge in [0, 0.05) is 31.9 Å². The van der Waals surface area contributed by atoms with E-state index in [1.807, 2.05) is 0 Å². The molecule has 108 valence electrons. The average molecular weight is 286 g/mol. The number of hydrogen-bond donors (Lipinski definition) is 1. The number of aromatic carboxylic acids is 1. The summed E-state index contributed by atoms with van der Waals surface area (Å²) in [6, 6.07) is 9.31. The number of carboxylic acid groups (broad SMARTS) is 1. The topological polar surface area (TPSA) is 79.7 Å². The molecule has 0 unspecified atom stereocenters. The number of ether oxygens (including phenoxy) is 1. The Morgan fingerprint density at radius 2 is 1.90 bits per heavy atom. The van der Waals surface area contributed by atoms with Crippen molar-refractivity contribution in [2.24, 2.45) is 0 Å². The van der Waals surface area contributed by atoms with E-state index >= 15 is 0 Å². The van der Waals surface area contributed by atoms with Crippen molar-refractivity contribution in [3.63, 3.8) is 0 Å². The molecule has 6 nitrogen and oxygen atoms in total. The minimum atomic E-state index is -1.06. The molecule has 1 amide bonds. The van der Waals surface area contributed by atoms with Gasteiger partial charge in [-0.25, -0.2) is 9.78 Å². The van der Waals surface area contributed by atoms with Crippen LogP contribution in [0.5, 0.6) is 11.6 Å². The summed E-state index contributed by atoms with van der Waals surface area (Å²) in [5, 5.41) is 8.92. The highest BCUT2D eigenvalue weighted by Crippen LogP contribution is 2.21. The number of carbonyl (C=O) groups excluding carboxylic acids is 1. The molecule has 21 heavy (non-hydrogen) atoms. The maximum Gasteiger partial charge on any atom is 0.335 e. The Bertz CT molecular complexity index is 683. The van der Waals surface area contributed by atoms with Gasteiger partial charge < -0.3 is 14.7 Å². The van der Waals surface area contributed by atoms with Crippen LogP contribution in [0, 0.1) is 0 Å². The molecule has 0 saturated heterocycles. The summed E-state index contributed by atoms with van der Waals surface area (Å²) in [4.78, 5) is 28.2. The van der Waals surface area contributed by atoms with Crippen molar-refractivity contribution in [3.05, 3.63) is 53.7 Å². The maximum absolute atomic E-state index is 11.9. The third-order valence-electron chi connectivity index (χ3n) is 2.69. The van der Waals surface area contributed by atoms with E-state index in [0.717, 1.165) is 0 Å². The van der Waals surface area contributed by atoms with Gasteiger partial charge in [-0.2, -0.15) is 0 Å². The van der Waals surface area contributed by atoms with Crippen LogP contribution in [0.15, 0.2) is 42.6 Å². The molecule has 1 aromatic heterocycles. The highest BCUT2D eigenvalue weighted by molar-refractivity contribution is 5.94. The fourth-order valence-corrected chi connectivity index (χ4v) is 1.67. The lowest BCUT2D eigenvalue weighted by Crippen LogP contribution is -2.21. The van der Waals surface area contributed by atoms with Gasteiger partial charge in [0.2, 0.25) is 5.88 Å². The molecule has 0 aliphatic rings. The molecule has 1 N–H and O–H groups in total. The Morgan fingerprint density at radius 3 is 2.57 bits per heavy atom. The first kappa shape index (κ1) is 14.5. The molecule has 2 rings (SSSR count). The van der Waals surface area contributed by atoms with Gasteiger partial charge in [0.1, 0.15) is 5.75 Å². The molecule has 6 heteroatoms. The average Bonchev–Trinajstić information content (AvgIpc) is 2.47. The highest BCUT2D eigenvalue weighted by atomic mass is 16.5. The van der Waals surface area contributed by atoms with Gasteiger partial charge in [-0.1, -0.05) is 6.07 Å². The summed E-state index contributed by atoms with van der Waals surface area (Å²) < 4.78 is 5.49. The largest absolute Gasteiger partial charge is 0.478 e. The lowest BCUT2D eigenvalue weighted by molar-refractivity contribution is 0.0696. The van der Waals surface area contributed by atoms with Crippen molar-refractivity contribution in [1.29, 1.82) is 0 Å². The zero-order chi connectivity index (χ0) is 15.4. The summed E-state index contributed by atoms with van der Waals surface area (Å²) in [6.45, 7) is 0. The van der Waals surface area contributed by atoms with E-state index in [0.29, 0.717) is 11.3 Å². The van der Waals surface area contributed by atoms with Crippen molar-refractivity contribution in [2.45, 2.75) is 0 Å². The van der Waals surface area contributed by atoms with Gasteiger partial charge in [0.15, 0.2) is 0 Å². The fourth-order valence-electron chi connectivity index (χ4n) is 1.67. The summed E-state index contributed by atoms with van der Waals surface area (Å²) >= 11 is 0. The Kier molecular flexibility index (Phi) is 4.18. The number of benzene rings is 1. The van der Waals surface area contributed by atoms with Gasteiger partial charge in [0.05, 0.1) is 5.56 Å². The van der Waals surface area contributed by atoms with Crippen LogP contribution in [-0.4, -0.2) is 41.0 Å². The van der Waals surface area contributed by atoms with Crippen molar-refractivity contribution in [3.8, 4) is 11.6 Å². The molecule has 0 aliphatic carbocycles. The second-order valence-corrected chi connectivity index (χ2v) is 4.52. The standard InChI is InChI=1S/C15H14N2O4/c1-17(2)14(18)10-4-3-5-12(8-10)21-13-9-11(15(19)20)6-7-16-13/h3-9H,1-2H3,(H,19,20). The number of nitrogens with zero attached hydrogens (tertiary/aromatic N) is 2. The predicted molar refractivity (Wildman–Crippen MR) is 75.7 cm³/mol. The Balaban J connectivity index is 2.24. The molecule has 0 radical (unpaired) electrons. The molecule has 0 saturated carbocycles.